The Kier molecular flexibility index (Phi) is 4.92. The lowest BCUT2D eigenvalue weighted by atomic mass is 10.2. The molecular weight excluding hydrogens is 286 g/mol. The Morgan fingerprint density at radius 2 is 1.55 bits per heavy atom. The maximum Gasteiger partial charge on any atom is 0.252 e. The minimum absolute atomic E-state index is 0.135. The van der Waals surface area contributed by atoms with Crippen molar-refractivity contribution in [3.8, 4) is 11.5 Å². The molecule has 22 heavy (non-hydrogen) atoms. The van der Waals surface area contributed by atoms with Crippen LogP contribution in [0.3, 0.4) is 0 Å². The van der Waals surface area contributed by atoms with Gasteiger partial charge >= 0.3 is 0 Å². The van der Waals surface area contributed by atoms with Crippen molar-refractivity contribution in [1.29, 1.82) is 0 Å². The molecule has 2 amide bonds. The molecule has 0 aliphatic rings. The van der Waals surface area contributed by atoms with Gasteiger partial charge in [-0.3, -0.25) is 14.6 Å². The Morgan fingerprint density at radius 3 is 2.09 bits per heavy atom. The van der Waals surface area contributed by atoms with E-state index in [0.29, 0.717) is 5.56 Å². The van der Waals surface area contributed by atoms with Crippen LogP contribution in [0.5, 0.6) is 11.5 Å². The largest absolute Gasteiger partial charge is 0.508 e. The van der Waals surface area contributed by atoms with Crippen molar-refractivity contribution in [2.24, 2.45) is 0 Å². The van der Waals surface area contributed by atoms with Crippen LogP contribution in [0.25, 0.3) is 0 Å². The second-order valence-corrected chi connectivity index (χ2v) is 4.49. The highest BCUT2D eigenvalue weighted by Gasteiger charge is 2.08. The zero-order valence-electron chi connectivity index (χ0n) is 11.6. The first-order valence-electron chi connectivity index (χ1n) is 6.56. The smallest absolute Gasteiger partial charge is 0.252 e. The Bertz CT molecular complexity index is 653. The highest BCUT2D eigenvalue weighted by Crippen LogP contribution is 2.20. The standard InChI is InChI=1S/C15H15N3O4/c19-12-6-11(7-13(20)8-12)15(22)18-5-4-17-14(21)10-2-1-3-16-9-10/h1-3,6-9,19-20H,4-5H2,(H,17,21)(H,18,22). The number of phenols is 2. The summed E-state index contributed by atoms with van der Waals surface area (Å²) >= 11 is 0. The average Bonchev–Trinajstić information content (AvgIpc) is 2.51. The average molecular weight is 301 g/mol. The molecule has 0 spiro atoms. The first-order chi connectivity index (χ1) is 10.6. The van der Waals surface area contributed by atoms with Gasteiger partial charge in [0.2, 0.25) is 0 Å². The van der Waals surface area contributed by atoms with Crippen LogP contribution in [0, 0.1) is 0 Å². The van der Waals surface area contributed by atoms with Gasteiger partial charge in [-0.2, -0.15) is 0 Å². The first kappa shape index (κ1) is 15.3. The number of carbonyl (C=O) groups is 2. The highest BCUT2D eigenvalue weighted by atomic mass is 16.3. The fourth-order valence-electron chi connectivity index (χ4n) is 1.78. The summed E-state index contributed by atoms with van der Waals surface area (Å²) in [5, 5.41) is 23.8. The number of amides is 2. The molecule has 114 valence electrons. The van der Waals surface area contributed by atoms with E-state index in [0.717, 1.165) is 6.07 Å². The van der Waals surface area contributed by atoms with Gasteiger partial charge in [-0.15, -0.1) is 0 Å². The van der Waals surface area contributed by atoms with Gasteiger partial charge in [0.25, 0.3) is 11.8 Å². The lowest BCUT2D eigenvalue weighted by molar-refractivity contribution is 0.0927. The summed E-state index contributed by atoms with van der Waals surface area (Å²) in [6, 6.07) is 6.90. The summed E-state index contributed by atoms with van der Waals surface area (Å²) < 4.78 is 0. The number of aromatic nitrogens is 1. The van der Waals surface area contributed by atoms with Crippen molar-refractivity contribution in [2.75, 3.05) is 13.1 Å². The number of benzene rings is 1. The summed E-state index contributed by atoms with van der Waals surface area (Å²) in [4.78, 5) is 27.4. The number of carbonyl (C=O) groups excluding carboxylic acids is 2. The molecule has 2 rings (SSSR count). The molecule has 0 saturated carbocycles. The summed E-state index contributed by atoms with van der Waals surface area (Å²) in [5.74, 6) is -1.13. The van der Waals surface area contributed by atoms with Crippen molar-refractivity contribution in [1.82, 2.24) is 15.6 Å². The quantitative estimate of drug-likeness (QED) is 0.606. The van der Waals surface area contributed by atoms with Crippen LogP contribution in [0.15, 0.2) is 42.7 Å². The van der Waals surface area contributed by atoms with E-state index in [1.165, 1.54) is 18.3 Å². The molecule has 1 aromatic carbocycles. The van der Waals surface area contributed by atoms with Gasteiger partial charge in [0.15, 0.2) is 0 Å². The molecule has 0 bridgehead atoms. The van der Waals surface area contributed by atoms with Crippen LogP contribution < -0.4 is 10.6 Å². The second-order valence-electron chi connectivity index (χ2n) is 4.49. The Labute approximate surface area is 126 Å². The van der Waals surface area contributed by atoms with Crippen molar-refractivity contribution in [2.45, 2.75) is 0 Å². The number of aromatic hydroxyl groups is 2. The molecular formula is C15H15N3O4. The molecule has 0 aliphatic carbocycles. The van der Waals surface area contributed by atoms with E-state index in [-0.39, 0.29) is 36.1 Å². The van der Waals surface area contributed by atoms with Gasteiger partial charge in [-0.05, 0) is 24.3 Å². The number of rotatable bonds is 5. The predicted molar refractivity (Wildman–Crippen MR) is 78.7 cm³/mol. The molecule has 1 aromatic heterocycles. The van der Waals surface area contributed by atoms with Crippen LogP contribution in [-0.4, -0.2) is 40.1 Å². The molecule has 0 aliphatic heterocycles. The fourth-order valence-corrected chi connectivity index (χ4v) is 1.78. The van der Waals surface area contributed by atoms with E-state index in [9.17, 15) is 19.8 Å². The molecule has 0 fully saturated rings. The molecule has 0 unspecified atom stereocenters. The van der Waals surface area contributed by atoms with E-state index in [1.54, 1.807) is 18.3 Å². The lowest BCUT2D eigenvalue weighted by Crippen LogP contribution is -2.34. The predicted octanol–water partition coefficient (Wildman–Crippen LogP) is 0.653. The molecule has 1 heterocycles. The van der Waals surface area contributed by atoms with E-state index in [1.807, 2.05) is 0 Å². The number of phenolic OH excluding ortho intramolecular Hbond substituents is 2. The van der Waals surface area contributed by atoms with E-state index >= 15 is 0 Å². The molecule has 7 nitrogen and oxygen atoms in total. The zero-order chi connectivity index (χ0) is 15.9. The molecule has 4 N–H and O–H groups in total. The first-order valence-corrected chi connectivity index (χ1v) is 6.56. The Morgan fingerprint density at radius 1 is 0.955 bits per heavy atom. The van der Waals surface area contributed by atoms with Crippen LogP contribution in [0.4, 0.5) is 0 Å². The molecule has 7 heteroatoms. The van der Waals surface area contributed by atoms with Crippen molar-refractivity contribution < 1.29 is 19.8 Å². The van der Waals surface area contributed by atoms with E-state index in [4.69, 9.17) is 0 Å². The van der Waals surface area contributed by atoms with Crippen molar-refractivity contribution in [3.05, 3.63) is 53.9 Å². The van der Waals surface area contributed by atoms with Crippen molar-refractivity contribution >= 4 is 11.8 Å². The highest BCUT2D eigenvalue weighted by molar-refractivity contribution is 5.95. The maximum absolute atomic E-state index is 11.8. The second kappa shape index (κ2) is 7.07. The third-order valence-electron chi connectivity index (χ3n) is 2.78. The van der Waals surface area contributed by atoms with Crippen LogP contribution in [-0.2, 0) is 0 Å². The van der Waals surface area contributed by atoms with Gasteiger partial charge in [-0.1, -0.05) is 0 Å². The third-order valence-corrected chi connectivity index (χ3v) is 2.78. The van der Waals surface area contributed by atoms with Gasteiger partial charge in [0, 0.05) is 37.1 Å². The number of hydrogen-bond acceptors (Lipinski definition) is 5. The summed E-state index contributed by atoms with van der Waals surface area (Å²) in [5.41, 5.74) is 0.572. The van der Waals surface area contributed by atoms with Crippen molar-refractivity contribution in [3.63, 3.8) is 0 Å². The summed E-state index contributed by atoms with van der Waals surface area (Å²) in [7, 11) is 0. The minimum atomic E-state index is -0.457. The summed E-state index contributed by atoms with van der Waals surface area (Å²) in [6.45, 7) is 0.450. The van der Waals surface area contributed by atoms with Crippen LogP contribution in [0.1, 0.15) is 20.7 Å². The van der Waals surface area contributed by atoms with E-state index < -0.39 is 5.91 Å². The number of nitrogens with zero attached hydrogens (tertiary/aromatic N) is 1. The zero-order valence-corrected chi connectivity index (χ0v) is 11.6. The van der Waals surface area contributed by atoms with Crippen LogP contribution in [0.2, 0.25) is 0 Å². The Hall–Kier alpha value is -3.09. The maximum atomic E-state index is 11.8. The normalized spacial score (nSPS) is 10.0. The number of pyridine rings is 1. The Balaban J connectivity index is 1.79. The van der Waals surface area contributed by atoms with Gasteiger partial charge in [0.1, 0.15) is 11.5 Å². The van der Waals surface area contributed by atoms with Gasteiger partial charge in [0.05, 0.1) is 5.56 Å². The SMILES string of the molecule is O=C(NCCNC(=O)c1cc(O)cc(O)c1)c1cccnc1. The topological polar surface area (TPSA) is 112 Å². The molecule has 2 aromatic rings. The number of nitrogens with one attached hydrogen (secondary N) is 2. The third kappa shape index (κ3) is 4.20. The fraction of sp³-hybridized carbons (Fsp3) is 0.133. The lowest BCUT2D eigenvalue weighted by Gasteiger charge is -2.07. The molecule has 0 saturated heterocycles. The minimum Gasteiger partial charge on any atom is -0.508 e. The molecule has 0 atom stereocenters. The van der Waals surface area contributed by atoms with Gasteiger partial charge in [-0.25, -0.2) is 0 Å². The van der Waals surface area contributed by atoms with Gasteiger partial charge < -0.3 is 20.8 Å². The summed E-state index contributed by atoms with van der Waals surface area (Å²) in [6.07, 6.45) is 3.02. The van der Waals surface area contributed by atoms with E-state index in [2.05, 4.69) is 15.6 Å². The van der Waals surface area contributed by atoms with Crippen LogP contribution >= 0.6 is 0 Å². The molecule has 0 radical (unpaired) electrons. The monoisotopic (exact) mass is 301 g/mol. The number of hydrogen-bond donors (Lipinski definition) is 4.